The predicted octanol–water partition coefficient (Wildman–Crippen LogP) is 3.17. The van der Waals surface area contributed by atoms with Crippen LogP contribution in [0.15, 0.2) is 41.6 Å². The fourth-order valence-corrected chi connectivity index (χ4v) is 2.72. The van der Waals surface area contributed by atoms with Gasteiger partial charge in [-0.1, -0.05) is 49.0 Å². The van der Waals surface area contributed by atoms with E-state index in [0.29, 0.717) is 5.16 Å². The quantitative estimate of drug-likeness (QED) is 0.612. The highest BCUT2D eigenvalue weighted by atomic mass is 32.2. The third kappa shape index (κ3) is 6.19. The Hall–Kier alpha value is -2.41. The Bertz CT molecular complexity index is 737. The molecule has 0 bridgehead atoms. The highest BCUT2D eigenvalue weighted by molar-refractivity contribution is 7.99. The van der Waals surface area contributed by atoms with Gasteiger partial charge in [0.1, 0.15) is 0 Å². The molecule has 6 nitrogen and oxygen atoms in total. The van der Waals surface area contributed by atoms with Crippen LogP contribution < -0.4 is 10.6 Å². The zero-order valence-corrected chi connectivity index (χ0v) is 15.4. The molecule has 1 atom stereocenters. The molecule has 0 aliphatic rings. The number of nitrogens with one attached hydrogen (secondary N) is 2. The number of nitrogens with zero attached hydrogens (tertiary/aromatic N) is 2. The summed E-state index contributed by atoms with van der Waals surface area (Å²) < 4.78 is 0. The maximum absolute atomic E-state index is 11.9. The van der Waals surface area contributed by atoms with Crippen LogP contribution in [0, 0.1) is 6.92 Å². The summed E-state index contributed by atoms with van der Waals surface area (Å²) in [5.41, 5.74) is 2.63. The summed E-state index contributed by atoms with van der Waals surface area (Å²) in [6.07, 6.45) is 0.801. The molecule has 2 rings (SSSR count). The number of urea groups is 1. The van der Waals surface area contributed by atoms with Crippen molar-refractivity contribution in [3.8, 4) is 11.3 Å². The van der Waals surface area contributed by atoms with E-state index in [-0.39, 0.29) is 17.7 Å². The van der Waals surface area contributed by atoms with E-state index in [1.165, 1.54) is 11.8 Å². The summed E-state index contributed by atoms with van der Waals surface area (Å²) in [5.74, 6) is -0.303. The van der Waals surface area contributed by atoms with Crippen LogP contribution in [0.25, 0.3) is 11.3 Å². The number of aromatic nitrogens is 2. The molecule has 2 aromatic rings. The molecule has 0 saturated heterocycles. The van der Waals surface area contributed by atoms with Gasteiger partial charge in [0.25, 0.3) is 0 Å². The summed E-state index contributed by atoms with van der Waals surface area (Å²) in [7, 11) is 0. The maximum atomic E-state index is 11.9. The number of carbonyl (C=O) groups is 2. The Labute approximate surface area is 151 Å². The number of hydrogen-bond donors (Lipinski definition) is 2. The molecule has 1 aromatic heterocycles. The van der Waals surface area contributed by atoms with Crippen LogP contribution in [0.4, 0.5) is 4.79 Å². The van der Waals surface area contributed by atoms with Crippen molar-refractivity contribution >= 4 is 23.7 Å². The van der Waals surface area contributed by atoms with E-state index in [0.717, 1.165) is 23.4 Å². The van der Waals surface area contributed by atoms with Crippen molar-refractivity contribution in [2.24, 2.45) is 0 Å². The van der Waals surface area contributed by atoms with Gasteiger partial charge in [-0.2, -0.15) is 0 Å². The van der Waals surface area contributed by atoms with E-state index in [2.05, 4.69) is 20.6 Å². The molecular weight excluding hydrogens is 336 g/mol. The molecule has 2 N–H and O–H groups in total. The minimum atomic E-state index is -0.477. The van der Waals surface area contributed by atoms with E-state index >= 15 is 0 Å². The van der Waals surface area contributed by atoms with Crippen molar-refractivity contribution in [2.75, 3.05) is 5.75 Å². The van der Waals surface area contributed by atoms with Gasteiger partial charge in [-0.15, -0.1) is 0 Å². The Morgan fingerprint density at radius 1 is 1.20 bits per heavy atom. The van der Waals surface area contributed by atoms with Gasteiger partial charge in [0.05, 0.1) is 11.4 Å². The Morgan fingerprint density at radius 3 is 2.60 bits per heavy atom. The SMILES string of the molecule is CC[C@@H](C)NC(=O)NC(=O)CSc1nc(C)cc(-c2ccccc2)n1. The van der Waals surface area contributed by atoms with Crippen LogP contribution in [0.1, 0.15) is 26.0 Å². The van der Waals surface area contributed by atoms with Gasteiger partial charge in [-0.25, -0.2) is 14.8 Å². The predicted molar refractivity (Wildman–Crippen MR) is 99.4 cm³/mol. The van der Waals surface area contributed by atoms with Crippen molar-refractivity contribution in [2.45, 2.75) is 38.4 Å². The average Bonchev–Trinajstić information content (AvgIpc) is 2.60. The second kappa shape index (κ2) is 9.17. The van der Waals surface area contributed by atoms with Gasteiger partial charge in [-0.05, 0) is 26.3 Å². The van der Waals surface area contributed by atoms with Gasteiger partial charge >= 0.3 is 6.03 Å². The van der Waals surface area contributed by atoms with E-state index in [1.807, 2.05) is 57.2 Å². The third-order valence-electron chi connectivity index (χ3n) is 3.48. The first-order valence-corrected chi connectivity index (χ1v) is 9.10. The lowest BCUT2D eigenvalue weighted by molar-refractivity contribution is -0.117. The molecule has 25 heavy (non-hydrogen) atoms. The van der Waals surface area contributed by atoms with Crippen molar-refractivity contribution in [3.05, 3.63) is 42.1 Å². The third-order valence-corrected chi connectivity index (χ3v) is 4.33. The lowest BCUT2D eigenvalue weighted by Crippen LogP contribution is -2.43. The minimum Gasteiger partial charge on any atom is -0.335 e. The standard InChI is InChI=1S/C18H22N4O2S/c1-4-12(2)19-17(24)22-16(23)11-25-18-20-13(3)10-15(21-18)14-8-6-5-7-9-14/h5-10,12H,4,11H2,1-3H3,(H2,19,22,23,24)/t12-/m1/s1. The summed E-state index contributed by atoms with van der Waals surface area (Å²) in [6.45, 7) is 5.73. The molecule has 7 heteroatoms. The number of thioether (sulfide) groups is 1. The molecule has 3 amide bonds. The zero-order valence-electron chi connectivity index (χ0n) is 14.6. The Balaban J connectivity index is 1.95. The molecule has 0 saturated carbocycles. The number of carbonyl (C=O) groups excluding carboxylic acids is 2. The molecule has 0 aliphatic carbocycles. The van der Waals surface area contributed by atoms with Gasteiger partial charge in [0.15, 0.2) is 5.16 Å². The molecule has 0 fully saturated rings. The molecule has 0 spiro atoms. The number of hydrogen-bond acceptors (Lipinski definition) is 5. The van der Waals surface area contributed by atoms with Crippen molar-refractivity contribution in [3.63, 3.8) is 0 Å². The molecule has 1 heterocycles. The molecule has 0 aliphatic heterocycles. The van der Waals surface area contributed by atoms with Crippen molar-refractivity contribution < 1.29 is 9.59 Å². The highest BCUT2D eigenvalue weighted by Gasteiger charge is 2.12. The van der Waals surface area contributed by atoms with E-state index < -0.39 is 6.03 Å². The monoisotopic (exact) mass is 358 g/mol. The van der Waals surface area contributed by atoms with Gasteiger partial charge < -0.3 is 5.32 Å². The summed E-state index contributed by atoms with van der Waals surface area (Å²) in [6, 6.07) is 11.2. The average molecular weight is 358 g/mol. The van der Waals surface area contributed by atoms with Crippen LogP contribution in [0.5, 0.6) is 0 Å². The largest absolute Gasteiger partial charge is 0.335 e. The van der Waals surface area contributed by atoms with E-state index in [9.17, 15) is 9.59 Å². The molecule has 0 radical (unpaired) electrons. The van der Waals surface area contributed by atoms with Crippen LogP contribution in [-0.2, 0) is 4.79 Å². The normalized spacial score (nSPS) is 11.6. The maximum Gasteiger partial charge on any atom is 0.321 e. The fraction of sp³-hybridized carbons (Fsp3) is 0.333. The zero-order chi connectivity index (χ0) is 18.2. The Morgan fingerprint density at radius 2 is 1.92 bits per heavy atom. The summed E-state index contributed by atoms with van der Waals surface area (Å²) >= 11 is 1.20. The Kier molecular flexibility index (Phi) is 6.94. The minimum absolute atomic E-state index is 0.0222. The van der Waals surface area contributed by atoms with E-state index in [4.69, 9.17) is 0 Å². The van der Waals surface area contributed by atoms with Crippen molar-refractivity contribution in [1.82, 2.24) is 20.6 Å². The molecule has 1 aromatic carbocycles. The molecule has 0 unspecified atom stereocenters. The van der Waals surface area contributed by atoms with Gasteiger partial charge in [-0.3, -0.25) is 10.1 Å². The summed E-state index contributed by atoms with van der Waals surface area (Å²) in [4.78, 5) is 32.4. The van der Waals surface area contributed by atoms with Gasteiger partial charge in [0.2, 0.25) is 5.91 Å². The second-order valence-corrected chi connectivity index (χ2v) is 6.61. The van der Waals surface area contributed by atoms with Crippen LogP contribution in [0.2, 0.25) is 0 Å². The second-order valence-electron chi connectivity index (χ2n) is 5.66. The number of rotatable bonds is 6. The first-order chi connectivity index (χ1) is 12.0. The number of benzene rings is 1. The topological polar surface area (TPSA) is 84.0 Å². The molecular formula is C18H22N4O2S. The van der Waals surface area contributed by atoms with Crippen LogP contribution in [-0.4, -0.2) is 33.7 Å². The van der Waals surface area contributed by atoms with Crippen LogP contribution in [0.3, 0.4) is 0 Å². The number of aryl methyl sites for hydroxylation is 1. The smallest absolute Gasteiger partial charge is 0.321 e. The molecule has 132 valence electrons. The lowest BCUT2D eigenvalue weighted by atomic mass is 10.1. The summed E-state index contributed by atoms with van der Waals surface area (Å²) in [5, 5.41) is 5.51. The highest BCUT2D eigenvalue weighted by Crippen LogP contribution is 2.21. The van der Waals surface area contributed by atoms with Crippen molar-refractivity contribution in [1.29, 1.82) is 0 Å². The van der Waals surface area contributed by atoms with E-state index in [1.54, 1.807) is 0 Å². The lowest BCUT2D eigenvalue weighted by Gasteiger charge is -2.11. The van der Waals surface area contributed by atoms with Crippen LogP contribution >= 0.6 is 11.8 Å². The first kappa shape index (κ1) is 18.9. The number of imide groups is 1. The van der Waals surface area contributed by atoms with Gasteiger partial charge in [0, 0.05) is 17.3 Å². The first-order valence-electron chi connectivity index (χ1n) is 8.12. The fourth-order valence-electron chi connectivity index (χ4n) is 2.02. The number of amides is 3.